The van der Waals surface area contributed by atoms with E-state index in [4.69, 9.17) is 4.74 Å². The van der Waals surface area contributed by atoms with Crippen LogP contribution in [0, 0.1) is 10.1 Å². The highest BCUT2D eigenvalue weighted by atomic mass is 32.2. The summed E-state index contributed by atoms with van der Waals surface area (Å²) in [6, 6.07) is 11.9. The Labute approximate surface area is 157 Å². The number of hydrogen-bond acceptors (Lipinski definition) is 6. The van der Waals surface area contributed by atoms with Gasteiger partial charge in [-0.3, -0.25) is 10.1 Å². The van der Waals surface area contributed by atoms with Crippen molar-refractivity contribution in [2.45, 2.75) is 29.9 Å². The standard InChI is InChI=1S/C18H20N2O6S/c1-26-15-5-2-4-13(12-15)17-6-3-11-19(18(17)21)27(24,25)16-9-7-14(8-10-16)20(22)23/h2,4-5,7-10,12,17-18,21H,3,6,11H2,1H3/t17-,18+/m0/s1. The molecule has 2 atom stereocenters. The average Bonchev–Trinajstić information content (AvgIpc) is 2.68. The number of nitrogens with zero attached hydrogens (tertiary/aromatic N) is 2. The molecule has 2 aromatic carbocycles. The number of piperidine rings is 1. The van der Waals surface area contributed by atoms with Gasteiger partial charge in [0.05, 0.1) is 16.9 Å². The highest BCUT2D eigenvalue weighted by molar-refractivity contribution is 7.89. The number of aliphatic hydroxyl groups excluding tert-OH is 1. The van der Waals surface area contributed by atoms with E-state index in [1.165, 1.54) is 12.1 Å². The average molecular weight is 392 g/mol. The Morgan fingerprint density at radius 3 is 2.56 bits per heavy atom. The van der Waals surface area contributed by atoms with Crippen LogP contribution < -0.4 is 4.74 Å². The fourth-order valence-electron chi connectivity index (χ4n) is 3.30. The first-order valence-corrected chi connectivity index (χ1v) is 9.87. The lowest BCUT2D eigenvalue weighted by Gasteiger charge is -2.37. The smallest absolute Gasteiger partial charge is 0.269 e. The molecule has 1 aliphatic heterocycles. The van der Waals surface area contributed by atoms with E-state index in [0.717, 1.165) is 22.0 Å². The van der Waals surface area contributed by atoms with Gasteiger partial charge < -0.3 is 9.84 Å². The number of benzene rings is 2. The zero-order chi connectivity index (χ0) is 19.6. The third-order valence-electron chi connectivity index (χ3n) is 4.72. The minimum Gasteiger partial charge on any atom is -0.497 e. The van der Waals surface area contributed by atoms with Crippen molar-refractivity contribution in [3.63, 3.8) is 0 Å². The van der Waals surface area contributed by atoms with Crippen LogP contribution >= 0.6 is 0 Å². The minimum atomic E-state index is -3.98. The molecule has 0 saturated carbocycles. The molecule has 9 heteroatoms. The second-order valence-electron chi connectivity index (χ2n) is 6.31. The van der Waals surface area contributed by atoms with Crippen molar-refractivity contribution < 1.29 is 23.2 Å². The molecule has 0 spiro atoms. The predicted molar refractivity (Wildman–Crippen MR) is 98.0 cm³/mol. The molecule has 1 saturated heterocycles. The van der Waals surface area contributed by atoms with E-state index in [1.807, 2.05) is 6.07 Å². The summed E-state index contributed by atoms with van der Waals surface area (Å²) in [6.45, 7) is 0.182. The maximum Gasteiger partial charge on any atom is 0.269 e. The number of aliphatic hydroxyl groups is 1. The maximum atomic E-state index is 13.0. The lowest BCUT2D eigenvalue weighted by Crippen LogP contribution is -2.47. The van der Waals surface area contributed by atoms with Crippen LogP contribution in [-0.4, -0.2) is 42.6 Å². The van der Waals surface area contributed by atoms with Gasteiger partial charge in [-0.05, 0) is 42.7 Å². The first kappa shape index (κ1) is 19.3. The third kappa shape index (κ3) is 3.80. The molecule has 0 aliphatic carbocycles. The van der Waals surface area contributed by atoms with Crippen molar-refractivity contribution in [3.05, 3.63) is 64.2 Å². The fourth-order valence-corrected chi connectivity index (χ4v) is 4.85. The quantitative estimate of drug-likeness (QED) is 0.618. The van der Waals surface area contributed by atoms with Gasteiger partial charge in [-0.2, -0.15) is 4.31 Å². The van der Waals surface area contributed by atoms with Crippen LogP contribution in [0.1, 0.15) is 24.3 Å². The number of sulfonamides is 1. The summed E-state index contributed by atoms with van der Waals surface area (Å²) < 4.78 is 32.2. The molecule has 1 fully saturated rings. The first-order chi connectivity index (χ1) is 12.8. The molecule has 0 aromatic heterocycles. The summed E-state index contributed by atoms with van der Waals surface area (Å²) in [4.78, 5) is 10.1. The molecule has 8 nitrogen and oxygen atoms in total. The van der Waals surface area contributed by atoms with E-state index in [2.05, 4.69) is 0 Å². The van der Waals surface area contributed by atoms with Gasteiger partial charge in [0.15, 0.2) is 0 Å². The van der Waals surface area contributed by atoms with Gasteiger partial charge in [-0.15, -0.1) is 0 Å². The largest absolute Gasteiger partial charge is 0.497 e. The monoisotopic (exact) mass is 392 g/mol. The molecule has 1 N–H and O–H groups in total. The zero-order valence-electron chi connectivity index (χ0n) is 14.7. The van der Waals surface area contributed by atoms with E-state index in [0.29, 0.717) is 18.6 Å². The molecule has 0 bridgehead atoms. The molecule has 27 heavy (non-hydrogen) atoms. The Morgan fingerprint density at radius 2 is 1.93 bits per heavy atom. The summed E-state index contributed by atoms with van der Waals surface area (Å²) in [7, 11) is -2.44. The maximum absolute atomic E-state index is 13.0. The summed E-state index contributed by atoms with van der Waals surface area (Å²) in [6.07, 6.45) is -0.00257. The van der Waals surface area contributed by atoms with Crippen LogP contribution in [0.4, 0.5) is 5.69 Å². The summed E-state index contributed by atoms with van der Waals surface area (Å²) in [5.41, 5.74) is 0.604. The Hall–Kier alpha value is -2.49. The second kappa shape index (κ2) is 7.63. The Balaban J connectivity index is 1.89. The van der Waals surface area contributed by atoms with E-state index >= 15 is 0 Å². The fraction of sp³-hybridized carbons (Fsp3) is 0.333. The SMILES string of the molecule is COc1cccc([C@@H]2CCCN(S(=O)(=O)c3ccc([N+](=O)[O-])cc3)[C@@H]2O)c1. The van der Waals surface area contributed by atoms with Gasteiger partial charge in [0.25, 0.3) is 5.69 Å². The minimum absolute atomic E-state index is 0.0848. The van der Waals surface area contributed by atoms with E-state index < -0.39 is 21.2 Å². The van der Waals surface area contributed by atoms with Crippen molar-refractivity contribution in [2.24, 2.45) is 0 Å². The topological polar surface area (TPSA) is 110 Å². The summed E-state index contributed by atoms with van der Waals surface area (Å²) >= 11 is 0. The van der Waals surface area contributed by atoms with Crippen LogP contribution in [0.3, 0.4) is 0 Å². The number of ether oxygens (including phenoxy) is 1. The normalized spacial score (nSPS) is 21.0. The number of hydrogen-bond donors (Lipinski definition) is 1. The molecule has 2 aromatic rings. The van der Waals surface area contributed by atoms with Crippen LogP contribution in [0.25, 0.3) is 0 Å². The molecule has 0 amide bonds. The molecular formula is C18H20N2O6S. The van der Waals surface area contributed by atoms with Crippen LogP contribution in [-0.2, 0) is 10.0 Å². The van der Waals surface area contributed by atoms with Gasteiger partial charge in [0.2, 0.25) is 10.0 Å². The Morgan fingerprint density at radius 1 is 1.22 bits per heavy atom. The number of nitro benzene ring substituents is 1. The van der Waals surface area contributed by atoms with Gasteiger partial charge in [-0.25, -0.2) is 8.42 Å². The van der Waals surface area contributed by atoms with Crippen LogP contribution in [0.2, 0.25) is 0 Å². The van der Waals surface area contributed by atoms with Crippen molar-refractivity contribution >= 4 is 15.7 Å². The zero-order valence-corrected chi connectivity index (χ0v) is 15.5. The van der Waals surface area contributed by atoms with Gasteiger partial charge in [0, 0.05) is 24.6 Å². The highest BCUT2D eigenvalue weighted by Gasteiger charge is 2.38. The van der Waals surface area contributed by atoms with Crippen molar-refractivity contribution in [3.8, 4) is 5.75 Å². The summed E-state index contributed by atoms with van der Waals surface area (Å²) in [5.74, 6) is 0.247. The Kier molecular flexibility index (Phi) is 5.45. The number of nitro groups is 1. The predicted octanol–water partition coefficient (Wildman–Crippen LogP) is 2.49. The van der Waals surface area contributed by atoms with Gasteiger partial charge in [-0.1, -0.05) is 12.1 Å². The molecule has 0 radical (unpaired) electrons. The van der Waals surface area contributed by atoms with E-state index in [-0.39, 0.29) is 23.0 Å². The van der Waals surface area contributed by atoms with Crippen LogP contribution in [0.5, 0.6) is 5.75 Å². The van der Waals surface area contributed by atoms with Crippen molar-refractivity contribution in [1.82, 2.24) is 4.31 Å². The third-order valence-corrected chi connectivity index (χ3v) is 6.61. The Bertz CT molecular complexity index is 929. The van der Waals surface area contributed by atoms with Gasteiger partial charge in [0.1, 0.15) is 12.0 Å². The molecule has 1 heterocycles. The highest BCUT2D eigenvalue weighted by Crippen LogP contribution is 2.35. The number of methoxy groups -OCH3 is 1. The van der Waals surface area contributed by atoms with E-state index in [9.17, 15) is 23.6 Å². The molecule has 144 valence electrons. The van der Waals surface area contributed by atoms with Crippen LogP contribution in [0.15, 0.2) is 53.4 Å². The molecule has 3 rings (SSSR count). The van der Waals surface area contributed by atoms with Crippen molar-refractivity contribution in [1.29, 1.82) is 0 Å². The number of non-ortho nitro benzene ring substituents is 1. The summed E-state index contributed by atoms with van der Waals surface area (Å²) in [5, 5.41) is 21.5. The molecular weight excluding hydrogens is 372 g/mol. The van der Waals surface area contributed by atoms with E-state index in [1.54, 1.807) is 25.3 Å². The lowest BCUT2D eigenvalue weighted by atomic mass is 9.90. The van der Waals surface area contributed by atoms with Gasteiger partial charge >= 0.3 is 0 Å². The first-order valence-electron chi connectivity index (χ1n) is 8.43. The van der Waals surface area contributed by atoms with Crippen molar-refractivity contribution in [2.75, 3.05) is 13.7 Å². The lowest BCUT2D eigenvalue weighted by molar-refractivity contribution is -0.384. The second-order valence-corrected chi connectivity index (χ2v) is 8.20. The number of rotatable bonds is 5. The molecule has 1 aliphatic rings. The molecule has 0 unspecified atom stereocenters.